The van der Waals surface area contributed by atoms with Crippen LogP contribution in [0.4, 0.5) is 0 Å². The van der Waals surface area contributed by atoms with E-state index >= 15 is 0 Å². The first-order chi connectivity index (χ1) is 16.2. The van der Waals surface area contributed by atoms with Gasteiger partial charge in [0.1, 0.15) is 5.60 Å². The molecule has 4 aliphatic carbocycles. The van der Waals surface area contributed by atoms with Crippen LogP contribution in [0.5, 0.6) is 0 Å². The summed E-state index contributed by atoms with van der Waals surface area (Å²) in [5.74, 6) is -0.458. The van der Waals surface area contributed by atoms with Crippen molar-refractivity contribution in [3.05, 3.63) is 23.3 Å². The van der Waals surface area contributed by atoms with Crippen molar-refractivity contribution in [1.82, 2.24) is 5.32 Å². The number of piperidine rings is 1. The van der Waals surface area contributed by atoms with Gasteiger partial charge >= 0.3 is 0 Å². The highest BCUT2D eigenvalue weighted by molar-refractivity contribution is 5.91. The molecule has 3 fully saturated rings. The molecule has 0 aromatic heterocycles. The van der Waals surface area contributed by atoms with Crippen LogP contribution in [-0.4, -0.2) is 69.6 Å². The number of nitrogens with zero attached hydrogens (tertiary/aromatic N) is 1. The van der Waals surface area contributed by atoms with Crippen molar-refractivity contribution < 1.29 is 24.6 Å². The van der Waals surface area contributed by atoms with Gasteiger partial charge in [0, 0.05) is 54.4 Å². The molecule has 188 valence electrons. The number of carbonyl (C=O) groups excluding carboxylic acids is 1. The summed E-state index contributed by atoms with van der Waals surface area (Å²) in [5, 5.41) is 28.4. The van der Waals surface area contributed by atoms with Crippen LogP contribution in [0.2, 0.25) is 0 Å². The van der Waals surface area contributed by atoms with Gasteiger partial charge in [-0.2, -0.15) is 0 Å². The Morgan fingerprint density at radius 1 is 1.44 bits per heavy atom. The van der Waals surface area contributed by atoms with Gasteiger partial charge in [0.25, 0.3) is 5.96 Å². The van der Waals surface area contributed by atoms with E-state index in [9.17, 15) is 15.0 Å². The minimum atomic E-state index is -1.60. The molecule has 5 rings (SSSR count). The number of carboxylic acids is 1. The highest BCUT2D eigenvalue weighted by atomic mass is 16.5. The quantitative estimate of drug-likeness (QED) is 0.220. The van der Waals surface area contributed by atoms with Crippen molar-refractivity contribution in [1.29, 1.82) is 0 Å². The van der Waals surface area contributed by atoms with Gasteiger partial charge in [-0.15, -0.1) is 0 Å². The number of nitrogens with one attached hydrogen (secondary N) is 2. The fourth-order valence-corrected chi connectivity index (χ4v) is 9.68. The van der Waals surface area contributed by atoms with Crippen molar-refractivity contribution in [2.45, 2.75) is 45.1 Å². The Kier molecular flexibility index (Phi) is 5.56. The second kappa shape index (κ2) is 7.88. The molecule has 1 heterocycles. The van der Waals surface area contributed by atoms with Crippen LogP contribution >= 0.6 is 0 Å². The van der Waals surface area contributed by atoms with Crippen LogP contribution in [0.25, 0.3) is 0 Å². The fraction of sp³-hybridized carbons (Fsp3) is 0.769. The number of allylic oxidation sites excluding steroid dienone is 1. The SMILES string of the molecule is CCOCC1(O)C(C(=O)[O-])=C2CC3CCC(C)C24C1C=CC1(CNC)CC[NH+](C(N)=NC)CC314. The number of aliphatic hydroxyl groups is 1. The summed E-state index contributed by atoms with van der Waals surface area (Å²) in [6, 6.07) is 0. The number of carbonyl (C=O) groups is 1. The van der Waals surface area contributed by atoms with Crippen LogP contribution in [0, 0.1) is 34.0 Å². The molecule has 5 N–H and O–H groups in total. The molecule has 0 amide bonds. The molecule has 2 spiro atoms. The molecule has 1 saturated heterocycles. The Hall–Kier alpha value is -1.74. The standard InChI is InChI=1S/C26H40N4O4/c1-5-34-15-24(33)19-8-9-23(13-28-3)10-11-30(22(27)29-4)14-25(23)17-7-6-16(2)26(19,25)18(12-17)20(24)21(31)32/h8-9,16-17,19,28,33H,5-7,10-15H2,1-4H3,(H2,27,29)(H,31,32). The van der Waals surface area contributed by atoms with Crippen LogP contribution in [0.1, 0.15) is 39.5 Å². The largest absolute Gasteiger partial charge is 0.545 e. The third-order valence-corrected chi connectivity index (χ3v) is 10.5. The van der Waals surface area contributed by atoms with Gasteiger partial charge in [-0.25, -0.2) is 4.99 Å². The summed E-state index contributed by atoms with van der Waals surface area (Å²) in [7, 11) is 3.74. The fourth-order valence-electron chi connectivity index (χ4n) is 9.68. The topological polar surface area (TPSA) is 124 Å². The Morgan fingerprint density at radius 3 is 2.85 bits per heavy atom. The zero-order valence-corrected chi connectivity index (χ0v) is 20.9. The molecule has 5 aliphatic rings. The van der Waals surface area contributed by atoms with E-state index < -0.39 is 17.0 Å². The van der Waals surface area contributed by atoms with E-state index in [-0.39, 0.29) is 34.8 Å². The van der Waals surface area contributed by atoms with E-state index in [0.717, 1.165) is 44.5 Å². The number of ether oxygens (including phenoxy) is 1. The Bertz CT molecular complexity index is 978. The van der Waals surface area contributed by atoms with Crippen molar-refractivity contribution in [3.63, 3.8) is 0 Å². The summed E-state index contributed by atoms with van der Waals surface area (Å²) in [5.41, 5.74) is 4.98. The molecule has 8 unspecified atom stereocenters. The maximum absolute atomic E-state index is 12.7. The number of likely N-dealkylation sites (tertiary alicyclic amines) is 1. The second-order valence-electron chi connectivity index (χ2n) is 11.3. The molecule has 1 aliphatic heterocycles. The molecule has 34 heavy (non-hydrogen) atoms. The van der Waals surface area contributed by atoms with E-state index in [0.29, 0.717) is 24.9 Å². The Morgan fingerprint density at radius 2 is 2.21 bits per heavy atom. The van der Waals surface area contributed by atoms with Gasteiger partial charge in [0.15, 0.2) is 0 Å². The summed E-state index contributed by atoms with van der Waals surface area (Å²) >= 11 is 0. The van der Waals surface area contributed by atoms with Gasteiger partial charge in [-0.3, -0.25) is 4.90 Å². The highest BCUT2D eigenvalue weighted by Crippen LogP contribution is 2.82. The molecule has 2 saturated carbocycles. The Labute approximate surface area is 202 Å². The maximum Gasteiger partial charge on any atom is 0.293 e. The van der Waals surface area contributed by atoms with Crippen molar-refractivity contribution in [2.75, 3.05) is 46.9 Å². The first-order valence-electron chi connectivity index (χ1n) is 12.9. The van der Waals surface area contributed by atoms with Gasteiger partial charge in [-0.1, -0.05) is 24.6 Å². The van der Waals surface area contributed by atoms with Crippen LogP contribution < -0.4 is 21.1 Å². The van der Waals surface area contributed by atoms with E-state index in [1.165, 1.54) is 4.90 Å². The van der Waals surface area contributed by atoms with Crippen LogP contribution in [0.15, 0.2) is 28.3 Å². The summed E-state index contributed by atoms with van der Waals surface area (Å²) in [6.07, 6.45) is 8.18. The van der Waals surface area contributed by atoms with Gasteiger partial charge in [-0.05, 0) is 45.1 Å². The lowest BCUT2D eigenvalue weighted by atomic mass is 9.36. The molecular weight excluding hydrogens is 432 g/mol. The van der Waals surface area contributed by atoms with E-state index in [4.69, 9.17) is 10.5 Å². The summed E-state index contributed by atoms with van der Waals surface area (Å²) in [6.45, 7) is 7.01. The number of hydrogen-bond donors (Lipinski definition) is 4. The number of quaternary nitrogens is 1. The number of nitrogens with two attached hydrogens (primary N) is 1. The molecule has 0 radical (unpaired) electrons. The van der Waals surface area contributed by atoms with Gasteiger partial charge in [0.2, 0.25) is 0 Å². The predicted octanol–water partition coefficient (Wildman–Crippen LogP) is -1.14. The van der Waals surface area contributed by atoms with Crippen LogP contribution in [-0.2, 0) is 9.53 Å². The van der Waals surface area contributed by atoms with E-state index in [1.807, 2.05) is 14.0 Å². The number of guanidine groups is 1. The normalized spacial score (nSPS) is 47.0. The van der Waals surface area contributed by atoms with E-state index in [1.54, 1.807) is 7.05 Å². The lowest BCUT2D eigenvalue weighted by molar-refractivity contribution is -0.831. The zero-order chi connectivity index (χ0) is 24.5. The Balaban J connectivity index is 1.83. The monoisotopic (exact) mass is 472 g/mol. The zero-order valence-electron chi connectivity index (χ0n) is 20.9. The van der Waals surface area contributed by atoms with Gasteiger partial charge in [0.05, 0.1) is 25.7 Å². The molecule has 0 aromatic carbocycles. The first kappa shape index (κ1) is 24.0. The van der Waals surface area contributed by atoms with E-state index in [2.05, 4.69) is 29.4 Å². The van der Waals surface area contributed by atoms with Crippen LogP contribution in [0.3, 0.4) is 0 Å². The van der Waals surface area contributed by atoms with Crippen molar-refractivity contribution in [3.8, 4) is 0 Å². The number of rotatable bonds is 6. The third kappa shape index (κ3) is 2.53. The predicted molar refractivity (Wildman–Crippen MR) is 127 cm³/mol. The van der Waals surface area contributed by atoms with Gasteiger partial charge < -0.3 is 30.8 Å². The number of carboxylic acid groups (broad SMARTS) is 1. The maximum atomic E-state index is 12.7. The smallest absolute Gasteiger partial charge is 0.293 e. The lowest BCUT2D eigenvalue weighted by Crippen LogP contribution is -3.19. The number of aliphatic imine (C=N–C) groups is 1. The third-order valence-electron chi connectivity index (χ3n) is 10.5. The molecule has 8 nitrogen and oxygen atoms in total. The van der Waals surface area contributed by atoms with Crippen molar-refractivity contribution in [2.24, 2.45) is 44.7 Å². The highest BCUT2D eigenvalue weighted by Gasteiger charge is 2.83. The first-order valence-corrected chi connectivity index (χ1v) is 12.9. The lowest BCUT2D eigenvalue weighted by Gasteiger charge is -2.68. The number of hydrogen-bond acceptors (Lipinski definition) is 6. The average Bonchev–Trinajstić information content (AvgIpc) is 3.15. The number of aliphatic carboxylic acids is 1. The minimum Gasteiger partial charge on any atom is -0.545 e. The van der Waals surface area contributed by atoms with Crippen molar-refractivity contribution >= 4 is 11.9 Å². The summed E-state index contributed by atoms with van der Waals surface area (Å²) < 4.78 is 5.74. The minimum absolute atomic E-state index is 0.0330. The molecule has 2 bridgehead atoms. The molecule has 8 heteroatoms. The molecular formula is C26H40N4O4. The molecule has 0 aromatic rings. The molecule has 8 atom stereocenters. The second-order valence-corrected chi connectivity index (χ2v) is 11.3. The summed E-state index contributed by atoms with van der Waals surface area (Å²) in [4.78, 5) is 18.2. The average molecular weight is 473 g/mol.